The molecular formula is C15H21ClN2O3S. The summed E-state index contributed by atoms with van der Waals surface area (Å²) in [5, 5.41) is 3.61. The number of carbonyl (C=O) groups excluding carboxylic acids is 1. The molecule has 1 aliphatic carbocycles. The third-order valence-corrected chi connectivity index (χ3v) is 4.83. The first-order valence-electron chi connectivity index (χ1n) is 7.34. The van der Waals surface area contributed by atoms with Crippen LogP contribution >= 0.6 is 11.6 Å². The van der Waals surface area contributed by atoms with Crippen molar-refractivity contribution in [2.24, 2.45) is 5.92 Å². The van der Waals surface area contributed by atoms with E-state index in [1.54, 1.807) is 12.1 Å². The van der Waals surface area contributed by atoms with Crippen molar-refractivity contribution in [3.05, 3.63) is 34.9 Å². The lowest BCUT2D eigenvalue weighted by Crippen LogP contribution is -2.40. The van der Waals surface area contributed by atoms with Crippen LogP contribution in [-0.4, -0.2) is 27.1 Å². The lowest BCUT2D eigenvalue weighted by atomic mass is 9.91. The molecule has 0 aliphatic heterocycles. The Labute approximate surface area is 136 Å². The van der Waals surface area contributed by atoms with Crippen LogP contribution in [0.15, 0.2) is 24.3 Å². The average Bonchev–Trinajstić information content (AvgIpc) is 2.97. The molecule has 1 atom stereocenters. The van der Waals surface area contributed by atoms with E-state index in [0.29, 0.717) is 10.9 Å². The Morgan fingerprint density at radius 3 is 2.41 bits per heavy atom. The molecule has 22 heavy (non-hydrogen) atoms. The highest BCUT2D eigenvalue weighted by Crippen LogP contribution is 2.36. The van der Waals surface area contributed by atoms with E-state index in [1.807, 2.05) is 12.1 Å². The zero-order chi connectivity index (χ0) is 16.2. The normalized spacial score (nSPS) is 17.4. The van der Waals surface area contributed by atoms with Crippen LogP contribution in [0.5, 0.6) is 0 Å². The van der Waals surface area contributed by atoms with Crippen molar-refractivity contribution in [2.75, 3.05) is 12.8 Å². The number of hydrogen-bond acceptors (Lipinski definition) is 3. The van der Waals surface area contributed by atoms with E-state index in [9.17, 15) is 13.2 Å². The lowest BCUT2D eigenvalue weighted by molar-refractivity contribution is -0.121. The van der Waals surface area contributed by atoms with Crippen molar-refractivity contribution >= 4 is 27.5 Å². The van der Waals surface area contributed by atoms with Gasteiger partial charge in [0.2, 0.25) is 15.9 Å². The Morgan fingerprint density at radius 2 is 1.86 bits per heavy atom. The number of hydrogen-bond donors (Lipinski definition) is 2. The highest BCUT2D eigenvalue weighted by Gasteiger charge is 2.27. The first-order valence-corrected chi connectivity index (χ1v) is 9.61. The van der Waals surface area contributed by atoms with Crippen LogP contribution in [0.4, 0.5) is 0 Å². The molecule has 1 unspecified atom stereocenters. The van der Waals surface area contributed by atoms with E-state index in [4.69, 9.17) is 11.6 Å². The van der Waals surface area contributed by atoms with E-state index in [1.165, 1.54) is 0 Å². The van der Waals surface area contributed by atoms with Crippen LogP contribution in [0.25, 0.3) is 0 Å². The fourth-order valence-corrected chi connectivity index (χ4v) is 3.37. The van der Waals surface area contributed by atoms with Crippen LogP contribution in [0, 0.1) is 5.92 Å². The predicted octanol–water partition coefficient (Wildman–Crippen LogP) is 2.24. The van der Waals surface area contributed by atoms with Crippen molar-refractivity contribution < 1.29 is 13.2 Å². The standard InChI is InChI=1S/C15H21ClN2O3S/c1-22(20,21)17-10-14(19)18-15(11-4-2-3-5-11)12-6-8-13(16)9-7-12/h6-9,11,15,17H,2-5,10H2,1H3,(H,18,19). The Hall–Kier alpha value is -1.11. The molecule has 122 valence electrons. The number of nitrogens with one attached hydrogen (secondary N) is 2. The lowest BCUT2D eigenvalue weighted by Gasteiger charge is -2.25. The van der Waals surface area contributed by atoms with Crippen molar-refractivity contribution in [3.8, 4) is 0 Å². The summed E-state index contributed by atoms with van der Waals surface area (Å²) >= 11 is 5.92. The van der Waals surface area contributed by atoms with E-state index >= 15 is 0 Å². The van der Waals surface area contributed by atoms with E-state index in [0.717, 1.165) is 37.5 Å². The zero-order valence-corrected chi connectivity index (χ0v) is 14.1. The van der Waals surface area contributed by atoms with Gasteiger partial charge in [0, 0.05) is 5.02 Å². The SMILES string of the molecule is CS(=O)(=O)NCC(=O)NC(c1ccc(Cl)cc1)C1CCCC1. The van der Waals surface area contributed by atoms with Gasteiger partial charge in [-0.3, -0.25) is 4.79 Å². The smallest absolute Gasteiger partial charge is 0.235 e. The molecule has 0 saturated heterocycles. The second kappa shape index (κ2) is 7.44. The third kappa shape index (κ3) is 5.26. The summed E-state index contributed by atoms with van der Waals surface area (Å²) in [6.07, 6.45) is 5.48. The van der Waals surface area contributed by atoms with Crippen molar-refractivity contribution in [2.45, 2.75) is 31.7 Å². The van der Waals surface area contributed by atoms with Gasteiger partial charge in [0.15, 0.2) is 0 Å². The number of carbonyl (C=O) groups is 1. The van der Waals surface area contributed by atoms with E-state index < -0.39 is 10.0 Å². The second-order valence-corrected chi connectivity index (χ2v) is 8.00. The van der Waals surface area contributed by atoms with Crippen LogP contribution < -0.4 is 10.0 Å². The fraction of sp³-hybridized carbons (Fsp3) is 0.533. The third-order valence-electron chi connectivity index (χ3n) is 3.91. The van der Waals surface area contributed by atoms with Gasteiger partial charge in [0.1, 0.15) is 0 Å². The van der Waals surface area contributed by atoms with Crippen molar-refractivity contribution in [1.29, 1.82) is 0 Å². The summed E-state index contributed by atoms with van der Waals surface area (Å²) in [5.74, 6) is 0.0561. The minimum atomic E-state index is -3.37. The molecule has 0 spiro atoms. The molecule has 5 nitrogen and oxygen atoms in total. The summed E-state index contributed by atoms with van der Waals surface area (Å²) in [4.78, 5) is 12.0. The van der Waals surface area contributed by atoms with Gasteiger partial charge in [-0.05, 0) is 36.5 Å². The molecule has 0 heterocycles. The van der Waals surface area contributed by atoms with Gasteiger partial charge < -0.3 is 5.32 Å². The molecule has 0 radical (unpaired) electrons. The van der Waals surface area contributed by atoms with E-state index in [-0.39, 0.29) is 18.5 Å². The maximum absolute atomic E-state index is 12.0. The highest BCUT2D eigenvalue weighted by atomic mass is 35.5. The number of rotatable bonds is 6. The van der Waals surface area contributed by atoms with Gasteiger partial charge in [-0.2, -0.15) is 0 Å². The van der Waals surface area contributed by atoms with Crippen LogP contribution in [0.2, 0.25) is 5.02 Å². The van der Waals surface area contributed by atoms with Crippen LogP contribution in [-0.2, 0) is 14.8 Å². The fourth-order valence-electron chi connectivity index (χ4n) is 2.86. The summed E-state index contributed by atoms with van der Waals surface area (Å²) in [7, 11) is -3.37. The van der Waals surface area contributed by atoms with Gasteiger partial charge in [-0.1, -0.05) is 36.6 Å². The van der Waals surface area contributed by atoms with Gasteiger partial charge >= 0.3 is 0 Å². The molecule has 1 aliphatic rings. The topological polar surface area (TPSA) is 75.3 Å². The summed E-state index contributed by atoms with van der Waals surface area (Å²) < 4.78 is 24.4. The molecule has 0 bridgehead atoms. The summed E-state index contributed by atoms with van der Waals surface area (Å²) in [6, 6.07) is 7.33. The zero-order valence-electron chi connectivity index (χ0n) is 12.5. The molecule has 2 rings (SSSR count). The largest absolute Gasteiger partial charge is 0.348 e. The van der Waals surface area contributed by atoms with Crippen molar-refractivity contribution in [3.63, 3.8) is 0 Å². The molecule has 1 amide bonds. The minimum absolute atomic E-state index is 0.103. The Kier molecular flexibility index (Phi) is 5.83. The van der Waals surface area contributed by atoms with Crippen molar-refractivity contribution in [1.82, 2.24) is 10.0 Å². The maximum Gasteiger partial charge on any atom is 0.235 e. The number of sulfonamides is 1. The molecule has 1 fully saturated rings. The van der Waals surface area contributed by atoms with E-state index in [2.05, 4.69) is 10.0 Å². The number of amides is 1. The number of halogens is 1. The second-order valence-electron chi connectivity index (χ2n) is 5.73. The Balaban J connectivity index is 2.07. The first kappa shape index (κ1) is 17.2. The summed E-state index contributed by atoms with van der Waals surface area (Å²) in [6.45, 7) is -0.240. The monoisotopic (exact) mass is 344 g/mol. The van der Waals surface area contributed by atoms with Gasteiger partial charge in [0.25, 0.3) is 0 Å². The first-order chi connectivity index (χ1) is 10.3. The average molecular weight is 345 g/mol. The van der Waals surface area contributed by atoms with Gasteiger partial charge in [0.05, 0.1) is 18.8 Å². The molecule has 0 aromatic heterocycles. The number of benzene rings is 1. The van der Waals surface area contributed by atoms with Gasteiger partial charge in [-0.25, -0.2) is 13.1 Å². The molecule has 2 N–H and O–H groups in total. The maximum atomic E-state index is 12.0. The van der Waals surface area contributed by atoms with Crippen LogP contribution in [0.1, 0.15) is 37.3 Å². The predicted molar refractivity (Wildman–Crippen MR) is 87.1 cm³/mol. The molecule has 1 aromatic rings. The highest BCUT2D eigenvalue weighted by molar-refractivity contribution is 7.88. The quantitative estimate of drug-likeness (QED) is 0.831. The van der Waals surface area contributed by atoms with Crippen LogP contribution in [0.3, 0.4) is 0 Å². The molecule has 1 aromatic carbocycles. The summed E-state index contributed by atoms with van der Waals surface area (Å²) in [5.41, 5.74) is 1.00. The molecule has 1 saturated carbocycles. The molecule has 7 heteroatoms. The minimum Gasteiger partial charge on any atom is -0.348 e. The molecular weight excluding hydrogens is 324 g/mol. The Bertz CT molecular complexity index is 610. The van der Waals surface area contributed by atoms with Gasteiger partial charge in [-0.15, -0.1) is 0 Å². The Morgan fingerprint density at radius 1 is 1.27 bits per heavy atom.